The molecule has 22 heavy (non-hydrogen) atoms. The minimum absolute atomic E-state index is 0.205. The summed E-state index contributed by atoms with van der Waals surface area (Å²) in [5.74, 6) is -0.869. The molecule has 3 nitrogen and oxygen atoms in total. The van der Waals surface area contributed by atoms with Crippen molar-refractivity contribution >= 4 is 23.3 Å². The molecule has 0 aliphatic carbocycles. The van der Waals surface area contributed by atoms with Gasteiger partial charge < -0.3 is 5.73 Å². The number of halogens is 1. The average molecular weight is 314 g/mol. The second kappa shape index (κ2) is 7.05. The quantitative estimate of drug-likeness (QED) is 0.521. The topological polar surface area (TPSA) is 60.2 Å². The second-order valence-electron chi connectivity index (χ2n) is 4.96. The third kappa shape index (κ3) is 3.83. The van der Waals surface area contributed by atoms with Gasteiger partial charge in [0, 0.05) is 5.56 Å². The molecule has 0 saturated heterocycles. The number of alkyl halides is 1. The van der Waals surface area contributed by atoms with E-state index in [2.05, 4.69) is 0 Å². The van der Waals surface area contributed by atoms with Gasteiger partial charge in [-0.3, -0.25) is 9.59 Å². The zero-order chi connectivity index (χ0) is 16.1. The highest BCUT2D eigenvalue weighted by Crippen LogP contribution is 2.20. The third-order valence-electron chi connectivity index (χ3n) is 3.28. The van der Waals surface area contributed by atoms with Crippen LogP contribution in [0.1, 0.15) is 17.3 Å². The van der Waals surface area contributed by atoms with Gasteiger partial charge in [0.05, 0.1) is 0 Å². The fourth-order valence-electron chi connectivity index (χ4n) is 2.05. The molecule has 0 fully saturated rings. The van der Waals surface area contributed by atoms with Gasteiger partial charge in [0.1, 0.15) is 5.38 Å². The monoisotopic (exact) mass is 313 g/mol. The number of carbonyl (C=O) groups is 2. The van der Waals surface area contributed by atoms with E-state index in [-0.39, 0.29) is 5.78 Å². The number of rotatable bonds is 5. The molecule has 4 heteroatoms. The van der Waals surface area contributed by atoms with Crippen LogP contribution in [0.15, 0.2) is 66.2 Å². The van der Waals surface area contributed by atoms with Crippen LogP contribution in [-0.2, 0) is 4.79 Å². The molecule has 0 saturated carbocycles. The Bertz CT molecular complexity index is 706. The molecule has 2 rings (SSSR count). The Labute approximate surface area is 134 Å². The molecule has 0 aromatic heterocycles. The largest absolute Gasteiger partial charge is 0.368 e. The van der Waals surface area contributed by atoms with E-state index in [0.29, 0.717) is 11.1 Å². The van der Waals surface area contributed by atoms with Gasteiger partial charge in [0.25, 0.3) is 0 Å². The van der Waals surface area contributed by atoms with Crippen LogP contribution in [0, 0.1) is 0 Å². The van der Waals surface area contributed by atoms with Gasteiger partial charge in [-0.15, -0.1) is 11.6 Å². The van der Waals surface area contributed by atoms with Gasteiger partial charge in [-0.25, -0.2) is 0 Å². The standard InChI is InChI=1S/C18H16ClNO2/c1-12(17(19)18(20)22)11-16(21)15-9-7-14(8-10-15)13-5-3-2-4-6-13/h2-11,17H,1H3,(H2,20,22)/b12-11+. The molecule has 0 aliphatic rings. The Kier molecular flexibility index (Phi) is 5.12. The number of amides is 1. The third-order valence-corrected chi connectivity index (χ3v) is 3.84. The Morgan fingerprint density at radius 3 is 2.09 bits per heavy atom. The molecular weight excluding hydrogens is 298 g/mol. The number of hydrogen-bond donors (Lipinski definition) is 1. The van der Waals surface area contributed by atoms with E-state index in [0.717, 1.165) is 11.1 Å². The molecule has 0 heterocycles. The normalized spacial score (nSPS) is 12.7. The molecule has 2 N–H and O–H groups in total. The van der Waals surface area contributed by atoms with Crippen molar-refractivity contribution in [2.45, 2.75) is 12.3 Å². The molecule has 0 bridgehead atoms. The van der Waals surface area contributed by atoms with Gasteiger partial charge in [-0.2, -0.15) is 0 Å². The van der Waals surface area contributed by atoms with Crippen LogP contribution in [0.3, 0.4) is 0 Å². The van der Waals surface area contributed by atoms with Crippen LogP contribution < -0.4 is 5.73 Å². The van der Waals surface area contributed by atoms with E-state index >= 15 is 0 Å². The average Bonchev–Trinajstić information content (AvgIpc) is 2.54. The van der Waals surface area contributed by atoms with E-state index in [1.54, 1.807) is 19.1 Å². The van der Waals surface area contributed by atoms with Gasteiger partial charge in [0.15, 0.2) is 5.78 Å². The molecule has 1 unspecified atom stereocenters. The van der Waals surface area contributed by atoms with E-state index < -0.39 is 11.3 Å². The Hall–Kier alpha value is -2.39. The van der Waals surface area contributed by atoms with Crippen molar-refractivity contribution < 1.29 is 9.59 Å². The number of allylic oxidation sites excluding steroid dienone is 1. The fourth-order valence-corrected chi connectivity index (χ4v) is 2.11. The molecular formula is C18H16ClNO2. The van der Waals surface area contributed by atoms with Crippen LogP contribution in [0.25, 0.3) is 11.1 Å². The predicted molar refractivity (Wildman–Crippen MR) is 88.8 cm³/mol. The lowest BCUT2D eigenvalue weighted by atomic mass is 10.0. The smallest absolute Gasteiger partial charge is 0.239 e. The molecule has 1 amide bonds. The fraction of sp³-hybridized carbons (Fsp3) is 0.111. The summed E-state index contributed by atoms with van der Waals surface area (Å²) in [5.41, 5.74) is 8.20. The first-order valence-corrected chi connectivity index (χ1v) is 7.24. The lowest BCUT2D eigenvalue weighted by molar-refractivity contribution is -0.117. The van der Waals surface area contributed by atoms with Gasteiger partial charge in [0.2, 0.25) is 5.91 Å². The highest BCUT2D eigenvalue weighted by molar-refractivity contribution is 6.32. The van der Waals surface area contributed by atoms with Crippen LogP contribution >= 0.6 is 11.6 Å². The number of benzene rings is 2. The molecule has 1 atom stereocenters. The Morgan fingerprint density at radius 1 is 1.00 bits per heavy atom. The summed E-state index contributed by atoms with van der Waals surface area (Å²) >= 11 is 5.81. The minimum Gasteiger partial charge on any atom is -0.368 e. The van der Waals surface area contributed by atoms with Crippen molar-refractivity contribution in [3.8, 4) is 11.1 Å². The first kappa shape index (κ1) is 16.0. The van der Waals surface area contributed by atoms with Crippen LogP contribution in [0.5, 0.6) is 0 Å². The summed E-state index contributed by atoms with van der Waals surface area (Å²) in [7, 11) is 0. The van der Waals surface area contributed by atoms with Crippen molar-refractivity contribution in [2.75, 3.05) is 0 Å². The molecule has 0 radical (unpaired) electrons. The molecule has 112 valence electrons. The van der Waals surface area contributed by atoms with Crippen LogP contribution in [0.2, 0.25) is 0 Å². The van der Waals surface area contributed by atoms with Crippen molar-refractivity contribution in [1.82, 2.24) is 0 Å². The van der Waals surface area contributed by atoms with Crippen LogP contribution in [-0.4, -0.2) is 17.1 Å². The van der Waals surface area contributed by atoms with E-state index in [1.165, 1.54) is 6.08 Å². The molecule has 2 aromatic rings. The highest BCUT2D eigenvalue weighted by Gasteiger charge is 2.15. The maximum absolute atomic E-state index is 12.1. The van der Waals surface area contributed by atoms with E-state index in [1.807, 2.05) is 42.5 Å². The summed E-state index contributed by atoms with van der Waals surface area (Å²) in [4.78, 5) is 23.1. The molecule has 2 aromatic carbocycles. The van der Waals surface area contributed by atoms with Gasteiger partial charge in [-0.1, -0.05) is 54.6 Å². The molecule has 0 spiro atoms. The second-order valence-corrected chi connectivity index (χ2v) is 5.40. The van der Waals surface area contributed by atoms with Crippen molar-refractivity contribution in [2.24, 2.45) is 5.73 Å². The first-order chi connectivity index (χ1) is 10.5. The number of hydrogen-bond acceptors (Lipinski definition) is 2. The molecule has 0 aliphatic heterocycles. The lowest BCUT2D eigenvalue weighted by Crippen LogP contribution is -2.24. The van der Waals surface area contributed by atoms with E-state index in [4.69, 9.17) is 17.3 Å². The summed E-state index contributed by atoms with van der Waals surface area (Å²) < 4.78 is 0. The first-order valence-electron chi connectivity index (χ1n) is 6.80. The summed E-state index contributed by atoms with van der Waals surface area (Å²) in [6, 6.07) is 17.2. The summed E-state index contributed by atoms with van der Waals surface area (Å²) in [5, 5.41) is -0.965. The van der Waals surface area contributed by atoms with Crippen molar-refractivity contribution in [3.63, 3.8) is 0 Å². The predicted octanol–water partition coefficient (Wildman–Crippen LogP) is 3.58. The van der Waals surface area contributed by atoms with Crippen molar-refractivity contribution in [1.29, 1.82) is 0 Å². The minimum atomic E-state index is -0.965. The Balaban J connectivity index is 2.19. The lowest BCUT2D eigenvalue weighted by Gasteiger charge is -2.06. The highest BCUT2D eigenvalue weighted by atomic mass is 35.5. The van der Waals surface area contributed by atoms with E-state index in [9.17, 15) is 9.59 Å². The number of ketones is 1. The number of carbonyl (C=O) groups excluding carboxylic acids is 2. The summed E-state index contributed by atoms with van der Waals surface area (Å²) in [6.45, 7) is 1.61. The van der Waals surface area contributed by atoms with Gasteiger partial charge >= 0.3 is 0 Å². The summed E-state index contributed by atoms with van der Waals surface area (Å²) in [6.07, 6.45) is 1.35. The SMILES string of the molecule is C/C(=C\C(=O)c1ccc(-c2ccccc2)cc1)C(Cl)C(N)=O. The van der Waals surface area contributed by atoms with Crippen LogP contribution in [0.4, 0.5) is 0 Å². The number of nitrogens with two attached hydrogens (primary N) is 1. The maximum Gasteiger partial charge on any atom is 0.239 e. The Morgan fingerprint density at radius 2 is 1.55 bits per heavy atom. The maximum atomic E-state index is 12.1. The number of primary amides is 1. The van der Waals surface area contributed by atoms with Crippen molar-refractivity contribution in [3.05, 3.63) is 71.8 Å². The van der Waals surface area contributed by atoms with Gasteiger partial charge in [-0.05, 0) is 29.7 Å². The zero-order valence-corrected chi connectivity index (χ0v) is 12.9. The zero-order valence-electron chi connectivity index (χ0n) is 12.1.